The van der Waals surface area contributed by atoms with Crippen LogP contribution in [0.5, 0.6) is 0 Å². The first-order chi connectivity index (χ1) is 14.4. The zero-order valence-corrected chi connectivity index (χ0v) is 18.7. The summed E-state index contributed by atoms with van der Waals surface area (Å²) >= 11 is 1.58. The van der Waals surface area contributed by atoms with Crippen LogP contribution >= 0.6 is 11.3 Å². The average Bonchev–Trinajstić information content (AvgIpc) is 3.18. The number of aromatic nitrogens is 1. The molecule has 0 unspecified atom stereocenters. The maximum atomic E-state index is 13.6. The Morgan fingerprint density at radius 3 is 2.43 bits per heavy atom. The van der Waals surface area contributed by atoms with Crippen molar-refractivity contribution in [1.29, 1.82) is 0 Å². The Morgan fingerprint density at radius 2 is 1.73 bits per heavy atom. The van der Waals surface area contributed by atoms with Gasteiger partial charge in [-0.25, -0.2) is 4.98 Å². The standard InChI is InChI=1S/C26H26N2OS/c1-17(2)22-11-8-12-23-24(22)27-26(30-23)28(16-20-9-6-5-7-10-20)25(29)21-14-13-18(3)19(4)15-21/h5-15,17H,16H2,1-4H3. The topological polar surface area (TPSA) is 33.2 Å². The van der Waals surface area contributed by atoms with Crippen LogP contribution in [0.25, 0.3) is 10.2 Å². The van der Waals surface area contributed by atoms with Gasteiger partial charge < -0.3 is 0 Å². The van der Waals surface area contributed by atoms with Gasteiger partial charge in [0.25, 0.3) is 5.91 Å². The highest BCUT2D eigenvalue weighted by atomic mass is 32.1. The third kappa shape index (κ3) is 4.01. The number of aryl methyl sites for hydroxylation is 2. The Labute approximate surface area is 182 Å². The minimum absolute atomic E-state index is 0.0212. The third-order valence-corrected chi connectivity index (χ3v) is 6.52. The number of amides is 1. The lowest BCUT2D eigenvalue weighted by atomic mass is 10.0. The Morgan fingerprint density at radius 1 is 0.967 bits per heavy atom. The molecule has 0 bridgehead atoms. The molecule has 4 heteroatoms. The lowest BCUT2D eigenvalue weighted by molar-refractivity contribution is 0.0985. The van der Waals surface area contributed by atoms with E-state index in [4.69, 9.17) is 4.98 Å². The van der Waals surface area contributed by atoms with Crippen molar-refractivity contribution in [1.82, 2.24) is 4.98 Å². The summed E-state index contributed by atoms with van der Waals surface area (Å²) in [5.41, 5.74) is 6.29. The predicted octanol–water partition coefficient (Wildman–Crippen LogP) is 6.88. The molecule has 4 rings (SSSR count). The first-order valence-corrected chi connectivity index (χ1v) is 11.1. The van der Waals surface area contributed by atoms with Crippen LogP contribution in [-0.2, 0) is 6.54 Å². The number of nitrogens with zero attached hydrogens (tertiary/aromatic N) is 2. The molecule has 0 atom stereocenters. The molecule has 1 heterocycles. The number of hydrogen-bond acceptors (Lipinski definition) is 3. The van der Waals surface area contributed by atoms with Crippen molar-refractivity contribution in [2.75, 3.05) is 4.90 Å². The van der Waals surface area contributed by atoms with Crippen LogP contribution in [0.3, 0.4) is 0 Å². The maximum absolute atomic E-state index is 13.6. The van der Waals surface area contributed by atoms with Crippen LogP contribution in [0.1, 0.15) is 52.4 Å². The quantitative estimate of drug-likeness (QED) is 0.356. The molecule has 0 radical (unpaired) electrons. The first kappa shape index (κ1) is 20.3. The van der Waals surface area contributed by atoms with Crippen LogP contribution < -0.4 is 4.90 Å². The highest BCUT2D eigenvalue weighted by molar-refractivity contribution is 7.22. The first-order valence-electron chi connectivity index (χ1n) is 10.3. The van der Waals surface area contributed by atoms with E-state index < -0.39 is 0 Å². The summed E-state index contributed by atoms with van der Waals surface area (Å²) in [4.78, 5) is 20.4. The summed E-state index contributed by atoms with van der Waals surface area (Å²) in [7, 11) is 0. The van der Waals surface area contributed by atoms with E-state index in [0.717, 1.165) is 26.5 Å². The number of anilines is 1. The van der Waals surface area contributed by atoms with Gasteiger partial charge in [-0.1, -0.05) is 73.7 Å². The van der Waals surface area contributed by atoms with Gasteiger partial charge in [0.2, 0.25) is 0 Å². The highest BCUT2D eigenvalue weighted by Gasteiger charge is 2.23. The van der Waals surface area contributed by atoms with Gasteiger partial charge in [0.1, 0.15) is 0 Å². The Hall–Kier alpha value is -2.98. The summed E-state index contributed by atoms with van der Waals surface area (Å²) in [6.07, 6.45) is 0. The van der Waals surface area contributed by atoms with Crippen molar-refractivity contribution in [2.24, 2.45) is 0 Å². The molecule has 0 fully saturated rings. The fraction of sp³-hybridized carbons (Fsp3) is 0.231. The van der Waals surface area contributed by atoms with E-state index in [0.29, 0.717) is 18.0 Å². The molecule has 3 aromatic carbocycles. The minimum atomic E-state index is -0.0212. The van der Waals surface area contributed by atoms with E-state index in [1.54, 1.807) is 11.3 Å². The van der Waals surface area contributed by atoms with Crippen molar-refractivity contribution in [3.63, 3.8) is 0 Å². The molecule has 0 saturated carbocycles. The molecule has 0 N–H and O–H groups in total. The molecular weight excluding hydrogens is 388 g/mol. The maximum Gasteiger partial charge on any atom is 0.260 e. The monoisotopic (exact) mass is 414 g/mol. The summed E-state index contributed by atoms with van der Waals surface area (Å²) in [6.45, 7) is 8.95. The molecular formula is C26H26N2OS. The van der Waals surface area contributed by atoms with Gasteiger partial charge in [-0.2, -0.15) is 0 Å². The molecule has 3 nitrogen and oxygen atoms in total. The highest BCUT2D eigenvalue weighted by Crippen LogP contribution is 2.34. The molecule has 0 aliphatic rings. The molecule has 0 spiro atoms. The average molecular weight is 415 g/mol. The summed E-state index contributed by atoms with van der Waals surface area (Å²) in [5.74, 6) is 0.355. The molecule has 0 aliphatic heterocycles. The summed E-state index contributed by atoms with van der Waals surface area (Å²) < 4.78 is 1.11. The van der Waals surface area contributed by atoms with Gasteiger partial charge in [0, 0.05) is 5.56 Å². The molecule has 152 valence electrons. The van der Waals surface area contributed by atoms with E-state index in [1.165, 1.54) is 11.1 Å². The van der Waals surface area contributed by atoms with Gasteiger partial charge >= 0.3 is 0 Å². The molecule has 0 aliphatic carbocycles. The van der Waals surface area contributed by atoms with Crippen molar-refractivity contribution in [2.45, 2.75) is 40.2 Å². The Kier molecular flexibility index (Phi) is 5.69. The van der Waals surface area contributed by atoms with Crippen molar-refractivity contribution < 1.29 is 4.79 Å². The fourth-order valence-electron chi connectivity index (χ4n) is 3.56. The van der Waals surface area contributed by atoms with E-state index >= 15 is 0 Å². The third-order valence-electron chi connectivity index (χ3n) is 5.47. The normalized spacial score (nSPS) is 11.2. The smallest absolute Gasteiger partial charge is 0.260 e. The van der Waals surface area contributed by atoms with E-state index in [1.807, 2.05) is 60.4 Å². The van der Waals surface area contributed by atoms with Gasteiger partial charge in [0.05, 0.1) is 16.8 Å². The molecule has 0 saturated heterocycles. The second-order valence-corrected chi connectivity index (χ2v) is 9.03. The Bertz CT molecular complexity index is 1190. The number of para-hydroxylation sites is 1. The Balaban J connectivity index is 1.81. The molecule has 1 amide bonds. The van der Waals surface area contributed by atoms with Crippen LogP contribution in [0, 0.1) is 13.8 Å². The number of hydrogen-bond donors (Lipinski definition) is 0. The van der Waals surface area contributed by atoms with Crippen LogP contribution in [0.4, 0.5) is 5.13 Å². The summed E-state index contributed by atoms with van der Waals surface area (Å²) in [6, 6.07) is 22.3. The fourth-order valence-corrected chi connectivity index (χ4v) is 4.56. The van der Waals surface area contributed by atoms with Gasteiger partial charge in [-0.05, 0) is 60.2 Å². The number of carbonyl (C=O) groups is 1. The van der Waals surface area contributed by atoms with Crippen molar-refractivity contribution in [3.8, 4) is 0 Å². The van der Waals surface area contributed by atoms with Gasteiger partial charge in [-0.3, -0.25) is 9.69 Å². The molecule has 1 aromatic heterocycles. The van der Waals surface area contributed by atoms with E-state index in [-0.39, 0.29) is 5.91 Å². The SMILES string of the molecule is Cc1ccc(C(=O)N(Cc2ccccc2)c2nc3c(C(C)C)cccc3s2)cc1C. The summed E-state index contributed by atoms with van der Waals surface area (Å²) in [5, 5.41) is 0.741. The van der Waals surface area contributed by atoms with E-state index in [2.05, 4.69) is 39.0 Å². The lowest BCUT2D eigenvalue weighted by Gasteiger charge is -2.20. The molecule has 4 aromatic rings. The predicted molar refractivity (Wildman–Crippen MR) is 127 cm³/mol. The number of thiazole rings is 1. The van der Waals surface area contributed by atoms with Crippen molar-refractivity contribution >= 4 is 32.6 Å². The number of carbonyl (C=O) groups excluding carboxylic acids is 1. The molecule has 30 heavy (non-hydrogen) atoms. The van der Waals surface area contributed by atoms with Gasteiger partial charge in [0.15, 0.2) is 5.13 Å². The van der Waals surface area contributed by atoms with Crippen molar-refractivity contribution in [3.05, 3.63) is 94.5 Å². The largest absolute Gasteiger partial charge is 0.279 e. The lowest BCUT2D eigenvalue weighted by Crippen LogP contribution is -2.30. The van der Waals surface area contributed by atoms with Crippen LogP contribution in [0.2, 0.25) is 0 Å². The second-order valence-electron chi connectivity index (χ2n) is 8.02. The second kappa shape index (κ2) is 8.41. The van der Waals surface area contributed by atoms with Crippen LogP contribution in [-0.4, -0.2) is 10.9 Å². The van der Waals surface area contributed by atoms with Gasteiger partial charge in [-0.15, -0.1) is 0 Å². The van der Waals surface area contributed by atoms with E-state index in [9.17, 15) is 4.79 Å². The minimum Gasteiger partial charge on any atom is -0.279 e. The number of benzene rings is 3. The number of fused-ring (bicyclic) bond motifs is 1. The van der Waals surface area contributed by atoms with Crippen LogP contribution in [0.15, 0.2) is 66.7 Å². The number of rotatable bonds is 5. The zero-order valence-electron chi connectivity index (χ0n) is 17.8. The zero-order chi connectivity index (χ0) is 21.3.